The fourth-order valence-corrected chi connectivity index (χ4v) is 2.04. The number of hydrazine groups is 1. The monoisotopic (exact) mass is 329 g/mol. The van der Waals surface area contributed by atoms with Crippen LogP contribution in [0.5, 0.6) is 0 Å². The van der Waals surface area contributed by atoms with Crippen LogP contribution in [0.3, 0.4) is 0 Å². The lowest BCUT2D eigenvalue weighted by Gasteiger charge is -2.25. The SMILES string of the molecule is CC(C)[C@H](NC(=O)OC(C)(C)C)C(=O)NNC(=O)[C@H]1CCCO1. The minimum atomic E-state index is -0.824. The second-order valence-corrected chi connectivity index (χ2v) is 6.85. The average molecular weight is 329 g/mol. The van der Waals surface area contributed by atoms with E-state index in [1.165, 1.54) is 0 Å². The van der Waals surface area contributed by atoms with Crippen LogP contribution in [0.25, 0.3) is 0 Å². The molecule has 8 nitrogen and oxygen atoms in total. The summed E-state index contributed by atoms with van der Waals surface area (Å²) in [4.78, 5) is 35.8. The van der Waals surface area contributed by atoms with Gasteiger partial charge in [-0.15, -0.1) is 0 Å². The summed E-state index contributed by atoms with van der Waals surface area (Å²) < 4.78 is 10.4. The number of hydrogen-bond donors (Lipinski definition) is 3. The number of amides is 3. The summed E-state index contributed by atoms with van der Waals surface area (Å²) in [6.07, 6.45) is 0.232. The van der Waals surface area contributed by atoms with E-state index in [-0.39, 0.29) is 5.92 Å². The number of ether oxygens (including phenoxy) is 2. The van der Waals surface area contributed by atoms with E-state index < -0.39 is 35.7 Å². The van der Waals surface area contributed by atoms with Crippen molar-refractivity contribution in [2.45, 2.75) is 65.2 Å². The maximum Gasteiger partial charge on any atom is 0.408 e. The number of nitrogens with one attached hydrogen (secondary N) is 3. The first-order valence-corrected chi connectivity index (χ1v) is 7.81. The summed E-state index contributed by atoms with van der Waals surface area (Å²) in [5.41, 5.74) is 3.99. The molecule has 0 saturated carbocycles. The maximum atomic E-state index is 12.2. The van der Waals surface area contributed by atoms with E-state index >= 15 is 0 Å². The van der Waals surface area contributed by atoms with Gasteiger partial charge in [0, 0.05) is 6.61 Å². The molecule has 0 radical (unpaired) electrons. The molecule has 0 aromatic rings. The number of rotatable bonds is 4. The topological polar surface area (TPSA) is 106 Å². The van der Waals surface area contributed by atoms with Gasteiger partial charge >= 0.3 is 6.09 Å². The molecule has 2 atom stereocenters. The molecule has 0 bridgehead atoms. The summed E-state index contributed by atoms with van der Waals surface area (Å²) in [6.45, 7) is 9.31. The van der Waals surface area contributed by atoms with Crippen LogP contribution < -0.4 is 16.2 Å². The van der Waals surface area contributed by atoms with Crippen LogP contribution in [-0.2, 0) is 19.1 Å². The van der Waals surface area contributed by atoms with Gasteiger partial charge in [0.05, 0.1) is 0 Å². The summed E-state index contributed by atoms with van der Waals surface area (Å²) in [6, 6.07) is -0.824. The molecule has 8 heteroatoms. The first kappa shape index (κ1) is 19.2. The van der Waals surface area contributed by atoms with Gasteiger partial charge in [0.25, 0.3) is 11.8 Å². The Morgan fingerprint density at radius 1 is 1.17 bits per heavy atom. The number of alkyl carbamates (subject to hydrolysis) is 1. The van der Waals surface area contributed by atoms with Gasteiger partial charge in [-0.3, -0.25) is 20.4 Å². The summed E-state index contributed by atoms with van der Waals surface area (Å²) in [7, 11) is 0. The lowest BCUT2D eigenvalue weighted by atomic mass is 10.0. The molecule has 0 aromatic carbocycles. The molecule has 0 unspecified atom stereocenters. The molecule has 0 aliphatic carbocycles. The average Bonchev–Trinajstić information content (AvgIpc) is 2.93. The highest BCUT2D eigenvalue weighted by Gasteiger charge is 2.28. The molecule has 1 saturated heterocycles. The van der Waals surface area contributed by atoms with E-state index in [0.717, 1.165) is 6.42 Å². The lowest BCUT2D eigenvalue weighted by Crippen LogP contribution is -2.56. The van der Waals surface area contributed by atoms with Crippen molar-refractivity contribution in [1.82, 2.24) is 16.2 Å². The first-order valence-electron chi connectivity index (χ1n) is 7.81. The molecular formula is C15H27N3O5. The van der Waals surface area contributed by atoms with Gasteiger partial charge in [0.2, 0.25) is 0 Å². The Balaban J connectivity index is 2.50. The molecule has 1 rings (SSSR count). The quantitative estimate of drug-likeness (QED) is 0.663. The number of carbonyl (C=O) groups excluding carboxylic acids is 3. The molecule has 0 spiro atoms. The van der Waals surface area contributed by atoms with Crippen molar-refractivity contribution in [3.8, 4) is 0 Å². The highest BCUT2D eigenvalue weighted by atomic mass is 16.6. The Kier molecular flexibility index (Phi) is 6.80. The van der Waals surface area contributed by atoms with Gasteiger partial charge in [-0.2, -0.15) is 0 Å². The molecule has 0 aromatic heterocycles. The minimum absolute atomic E-state index is 0.179. The number of hydrogen-bond acceptors (Lipinski definition) is 5. The van der Waals surface area contributed by atoms with Gasteiger partial charge in [0.1, 0.15) is 17.7 Å². The van der Waals surface area contributed by atoms with Crippen molar-refractivity contribution in [1.29, 1.82) is 0 Å². The molecule has 23 heavy (non-hydrogen) atoms. The maximum absolute atomic E-state index is 12.2. The van der Waals surface area contributed by atoms with Crippen LogP contribution in [-0.4, -0.2) is 42.3 Å². The lowest BCUT2D eigenvalue weighted by molar-refractivity contribution is -0.135. The van der Waals surface area contributed by atoms with E-state index in [9.17, 15) is 14.4 Å². The molecule has 3 amide bonds. The van der Waals surface area contributed by atoms with E-state index in [1.807, 2.05) is 0 Å². The zero-order chi connectivity index (χ0) is 17.6. The minimum Gasteiger partial charge on any atom is -0.444 e. The number of carbonyl (C=O) groups is 3. The van der Waals surface area contributed by atoms with E-state index in [1.54, 1.807) is 34.6 Å². The van der Waals surface area contributed by atoms with Crippen LogP contribution in [0.1, 0.15) is 47.5 Å². The first-order chi connectivity index (χ1) is 10.6. The van der Waals surface area contributed by atoms with Crippen molar-refractivity contribution >= 4 is 17.9 Å². The Morgan fingerprint density at radius 2 is 1.83 bits per heavy atom. The van der Waals surface area contributed by atoms with Gasteiger partial charge < -0.3 is 14.8 Å². The Morgan fingerprint density at radius 3 is 2.30 bits per heavy atom. The van der Waals surface area contributed by atoms with E-state index in [0.29, 0.717) is 13.0 Å². The summed E-state index contributed by atoms with van der Waals surface area (Å²) >= 11 is 0. The molecular weight excluding hydrogens is 302 g/mol. The fraction of sp³-hybridized carbons (Fsp3) is 0.800. The normalized spacial score (nSPS) is 19.1. The van der Waals surface area contributed by atoms with Crippen molar-refractivity contribution in [2.24, 2.45) is 5.92 Å². The third-order valence-electron chi connectivity index (χ3n) is 3.15. The van der Waals surface area contributed by atoms with Crippen molar-refractivity contribution < 1.29 is 23.9 Å². The second kappa shape index (κ2) is 8.14. The van der Waals surface area contributed by atoms with Crippen LogP contribution in [0.2, 0.25) is 0 Å². The molecule has 1 aliphatic heterocycles. The Hall–Kier alpha value is -1.83. The van der Waals surface area contributed by atoms with Crippen LogP contribution in [0.15, 0.2) is 0 Å². The predicted octanol–water partition coefficient (Wildman–Crippen LogP) is 0.862. The highest BCUT2D eigenvalue weighted by molar-refractivity contribution is 5.89. The molecule has 132 valence electrons. The van der Waals surface area contributed by atoms with E-state index in [2.05, 4.69) is 16.2 Å². The van der Waals surface area contributed by atoms with Crippen molar-refractivity contribution in [3.05, 3.63) is 0 Å². The Bertz CT molecular complexity index is 439. The Labute approximate surface area is 136 Å². The predicted molar refractivity (Wildman–Crippen MR) is 83.3 cm³/mol. The van der Waals surface area contributed by atoms with Gasteiger partial charge in [-0.05, 0) is 39.5 Å². The zero-order valence-electron chi connectivity index (χ0n) is 14.4. The van der Waals surface area contributed by atoms with Gasteiger partial charge in [0.15, 0.2) is 0 Å². The van der Waals surface area contributed by atoms with Gasteiger partial charge in [-0.1, -0.05) is 13.8 Å². The second-order valence-electron chi connectivity index (χ2n) is 6.85. The van der Waals surface area contributed by atoms with Crippen LogP contribution in [0, 0.1) is 5.92 Å². The molecule has 1 heterocycles. The molecule has 3 N–H and O–H groups in total. The van der Waals surface area contributed by atoms with Crippen LogP contribution in [0.4, 0.5) is 4.79 Å². The third kappa shape index (κ3) is 6.85. The largest absolute Gasteiger partial charge is 0.444 e. The summed E-state index contributed by atoms with van der Waals surface area (Å²) in [5.74, 6) is -1.09. The smallest absolute Gasteiger partial charge is 0.408 e. The molecule has 1 fully saturated rings. The zero-order valence-corrected chi connectivity index (χ0v) is 14.4. The highest BCUT2D eigenvalue weighted by Crippen LogP contribution is 2.11. The van der Waals surface area contributed by atoms with Gasteiger partial charge in [-0.25, -0.2) is 4.79 Å². The summed E-state index contributed by atoms with van der Waals surface area (Å²) in [5, 5.41) is 2.51. The van der Waals surface area contributed by atoms with Crippen molar-refractivity contribution in [3.63, 3.8) is 0 Å². The molecule has 1 aliphatic rings. The van der Waals surface area contributed by atoms with Crippen molar-refractivity contribution in [2.75, 3.05) is 6.61 Å². The third-order valence-corrected chi connectivity index (χ3v) is 3.15. The van der Waals surface area contributed by atoms with Crippen LogP contribution >= 0.6 is 0 Å². The van der Waals surface area contributed by atoms with E-state index in [4.69, 9.17) is 9.47 Å². The standard InChI is InChI=1S/C15H27N3O5/c1-9(2)11(16-14(21)23-15(3,4)5)13(20)18-17-12(19)10-7-6-8-22-10/h9-11H,6-8H2,1-5H3,(H,16,21)(H,17,19)(H,18,20)/t10-,11+/m1/s1. The fourth-order valence-electron chi connectivity index (χ4n) is 2.04.